The van der Waals surface area contributed by atoms with Crippen LogP contribution in [0.15, 0.2) is 11.6 Å². The number of aliphatic hydroxyl groups excluding tert-OH is 2. The van der Waals surface area contributed by atoms with Gasteiger partial charge in [-0.05, 0) is 84.0 Å². The van der Waals surface area contributed by atoms with Gasteiger partial charge in [-0.25, -0.2) is 0 Å². The van der Waals surface area contributed by atoms with Crippen molar-refractivity contribution in [2.24, 2.45) is 22.2 Å². The molecule has 0 bridgehead atoms. The summed E-state index contributed by atoms with van der Waals surface area (Å²) in [5.74, 6) is 0.226. The third-order valence-electron chi connectivity index (χ3n) is 11.6. The molecule has 2 spiro atoms. The van der Waals surface area contributed by atoms with Crippen LogP contribution < -0.4 is 10.6 Å². The van der Waals surface area contributed by atoms with Gasteiger partial charge in [-0.2, -0.15) is 0 Å². The van der Waals surface area contributed by atoms with Crippen LogP contribution in [0.3, 0.4) is 0 Å². The minimum atomic E-state index is -0.664. The quantitative estimate of drug-likeness (QED) is 0.144. The Morgan fingerprint density at radius 2 is 1.97 bits per heavy atom. The minimum absolute atomic E-state index is 0.00380. The number of ether oxygens (including phenoxy) is 3. The molecule has 1 amide bonds. The van der Waals surface area contributed by atoms with Crippen molar-refractivity contribution >= 4 is 5.91 Å². The molecule has 2 aliphatic heterocycles. The van der Waals surface area contributed by atoms with Crippen LogP contribution in [0.4, 0.5) is 0 Å². The third kappa shape index (κ3) is 3.59. The average Bonchev–Trinajstić information content (AvgIpc) is 3.79. The molecular weight excluding hydrogens is 472 g/mol. The lowest BCUT2D eigenvalue weighted by Crippen LogP contribution is -2.64. The van der Waals surface area contributed by atoms with Gasteiger partial charge in [0.05, 0.1) is 29.8 Å². The van der Waals surface area contributed by atoms with Crippen LogP contribution in [0.2, 0.25) is 0 Å². The summed E-state index contributed by atoms with van der Waals surface area (Å²) in [5.41, 5.74) is 0.156. The Morgan fingerprint density at radius 3 is 2.59 bits per heavy atom. The molecule has 0 radical (unpaired) electrons. The van der Waals surface area contributed by atoms with E-state index < -0.39 is 6.23 Å². The third-order valence-corrected chi connectivity index (χ3v) is 11.6. The number of allylic oxidation sites excluding steroid dienone is 1. The fourth-order valence-electron chi connectivity index (χ4n) is 9.25. The topological polar surface area (TPSA) is 116 Å². The van der Waals surface area contributed by atoms with Crippen LogP contribution in [0.25, 0.3) is 0 Å². The number of nitrogens with one attached hydrogen (secondary N) is 2. The highest BCUT2D eigenvalue weighted by Gasteiger charge is 2.87. The number of epoxide rings is 2. The summed E-state index contributed by atoms with van der Waals surface area (Å²) in [6.07, 6.45) is 9.48. The van der Waals surface area contributed by atoms with Gasteiger partial charge in [-0.3, -0.25) is 10.1 Å². The van der Waals surface area contributed by atoms with Crippen molar-refractivity contribution in [1.29, 1.82) is 0 Å². The Bertz CT molecular complexity index is 960. The summed E-state index contributed by atoms with van der Waals surface area (Å²) < 4.78 is 18.6. The summed E-state index contributed by atoms with van der Waals surface area (Å²) in [5, 5.41) is 27.5. The SMILES string of the molecule is CO[C@@H]1[C@H](NC(O)C23CCC4(C(=O)NCCCO)CC42CC3)CC[C@]2(CO2)[C@H]1[C@@]1(C)O[C@@H]1CC=C(C)C. The largest absolute Gasteiger partial charge is 0.396 e. The number of methoxy groups -OCH3 is 1. The van der Waals surface area contributed by atoms with Gasteiger partial charge in [-0.1, -0.05) is 11.6 Å². The molecule has 4 aliphatic carbocycles. The maximum Gasteiger partial charge on any atom is 0.226 e. The van der Waals surface area contributed by atoms with E-state index in [4.69, 9.17) is 19.3 Å². The monoisotopic (exact) mass is 518 g/mol. The summed E-state index contributed by atoms with van der Waals surface area (Å²) >= 11 is 0. The molecule has 0 aromatic rings. The lowest BCUT2D eigenvalue weighted by molar-refractivity contribution is -0.145. The van der Waals surface area contributed by atoms with E-state index in [1.807, 2.05) is 0 Å². The van der Waals surface area contributed by atoms with E-state index >= 15 is 0 Å². The molecule has 8 nitrogen and oxygen atoms in total. The van der Waals surface area contributed by atoms with E-state index in [1.165, 1.54) is 5.57 Å². The first-order valence-corrected chi connectivity index (χ1v) is 14.4. The molecular formula is C29H46N2O6. The number of carbonyl (C=O) groups excluding carboxylic acids is 1. The molecule has 4 N–H and O–H groups in total. The van der Waals surface area contributed by atoms with Crippen LogP contribution in [0.5, 0.6) is 0 Å². The van der Waals surface area contributed by atoms with E-state index in [2.05, 4.69) is 37.5 Å². The molecule has 2 heterocycles. The van der Waals surface area contributed by atoms with E-state index in [0.717, 1.165) is 58.0 Å². The highest BCUT2D eigenvalue weighted by Crippen LogP contribution is 2.89. The van der Waals surface area contributed by atoms with Crippen LogP contribution in [0.1, 0.15) is 78.6 Å². The van der Waals surface area contributed by atoms with Gasteiger partial charge in [-0.15, -0.1) is 0 Å². The zero-order chi connectivity index (χ0) is 26.3. The first-order chi connectivity index (χ1) is 17.6. The van der Waals surface area contributed by atoms with Crippen molar-refractivity contribution in [2.75, 3.05) is 26.9 Å². The van der Waals surface area contributed by atoms with Crippen LogP contribution >= 0.6 is 0 Å². The Hall–Kier alpha value is -1.03. The van der Waals surface area contributed by atoms with Crippen molar-refractivity contribution in [3.63, 3.8) is 0 Å². The summed E-state index contributed by atoms with van der Waals surface area (Å²) in [4.78, 5) is 13.1. The van der Waals surface area contributed by atoms with E-state index in [1.54, 1.807) is 7.11 Å². The lowest BCUT2D eigenvalue weighted by atomic mass is 9.55. The van der Waals surface area contributed by atoms with Crippen molar-refractivity contribution in [3.8, 4) is 0 Å². The standard InChI is InChI=1S/C29H46N2O6/c1-18(2)6-7-20-25(3,37-20)22-21(35-4)19(8-9-28(22)17-36-28)31-24(34)26-10-11-27(16-29(26,27)13-12-26)23(33)30-14-5-15-32/h6,19-22,24,31-32,34H,5,7-17H2,1-4H3,(H,30,33)/t19-,20-,21-,22-,24?,25+,26?,27?,28+,29?/m1/s1. The zero-order valence-electron chi connectivity index (χ0n) is 23.0. The molecule has 4 saturated carbocycles. The molecule has 4 unspecified atom stereocenters. The number of amides is 1. The Kier molecular flexibility index (Phi) is 6.19. The molecule has 6 rings (SSSR count). The van der Waals surface area contributed by atoms with Crippen molar-refractivity contribution < 1.29 is 29.2 Å². The number of hydrogen-bond donors (Lipinski definition) is 4. The molecule has 208 valence electrons. The first kappa shape index (κ1) is 26.2. The molecule has 0 aromatic heterocycles. The number of hydrogen-bond acceptors (Lipinski definition) is 7. The van der Waals surface area contributed by atoms with E-state index in [0.29, 0.717) is 13.0 Å². The number of carbonyl (C=O) groups is 1. The lowest BCUT2D eigenvalue weighted by Gasteiger charge is -2.54. The highest BCUT2D eigenvalue weighted by atomic mass is 16.6. The van der Waals surface area contributed by atoms with Gasteiger partial charge in [0.1, 0.15) is 11.8 Å². The maximum atomic E-state index is 13.1. The molecule has 37 heavy (non-hydrogen) atoms. The van der Waals surface area contributed by atoms with Gasteiger partial charge in [0.15, 0.2) is 0 Å². The van der Waals surface area contributed by atoms with Gasteiger partial charge in [0, 0.05) is 37.6 Å². The Balaban J connectivity index is 1.16. The molecule has 0 aromatic carbocycles. The molecule has 2 saturated heterocycles. The van der Waals surface area contributed by atoms with E-state index in [-0.39, 0.29) is 64.1 Å². The predicted molar refractivity (Wildman–Crippen MR) is 138 cm³/mol. The van der Waals surface area contributed by atoms with Gasteiger partial charge < -0.3 is 29.7 Å². The summed E-state index contributed by atoms with van der Waals surface area (Å²) in [7, 11) is 1.78. The predicted octanol–water partition coefficient (Wildman–Crippen LogP) is 2.42. The second-order valence-corrected chi connectivity index (χ2v) is 13.4. The summed E-state index contributed by atoms with van der Waals surface area (Å²) in [6, 6.07) is 0.00380. The van der Waals surface area contributed by atoms with Gasteiger partial charge in [0.2, 0.25) is 5.91 Å². The normalized spacial score (nSPS) is 49.5. The van der Waals surface area contributed by atoms with E-state index in [9.17, 15) is 9.90 Å². The summed E-state index contributed by atoms with van der Waals surface area (Å²) in [6.45, 7) is 7.80. The second kappa shape index (κ2) is 8.73. The van der Waals surface area contributed by atoms with Crippen molar-refractivity contribution in [2.45, 2.75) is 114 Å². The molecule has 8 heteroatoms. The number of rotatable bonds is 11. The maximum absolute atomic E-state index is 13.1. The first-order valence-electron chi connectivity index (χ1n) is 14.4. The van der Waals surface area contributed by atoms with Gasteiger partial charge >= 0.3 is 0 Å². The second-order valence-electron chi connectivity index (χ2n) is 13.4. The average molecular weight is 519 g/mol. The fourth-order valence-corrected chi connectivity index (χ4v) is 9.25. The van der Waals surface area contributed by atoms with Crippen molar-refractivity contribution in [3.05, 3.63) is 11.6 Å². The highest BCUT2D eigenvalue weighted by molar-refractivity contribution is 5.88. The van der Waals surface area contributed by atoms with Crippen LogP contribution in [0, 0.1) is 22.2 Å². The number of aliphatic hydroxyl groups is 2. The van der Waals surface area contributed by atoms with Gasteiger partial charge in [0.25, 0.3) is 0 Å². The molecule has 6 aliphatic rings. The zero-order valence-corrected chi connectivity index (χ0v) is 23.0. The van der Waals surface area contributed by atoms with Crippen molar-refractivity contribution in [1.82, 2.24) is 10.6 Å². The Labute approximate surface area is 220 Å². The van der Waals surface area contributed by atoms with Crippen LogP contribution in [-0.4, -0.2) is 78.7 Å². The minimum Gasteiger partial charge on any atom is -0.396 e. The molecule has 10 atom stereocenters. The fraction of sp³-hybridized carbons (Fsp3) is 0.897. The Morgan fingerprint density at radius 1 is 1.22 bits per heavy atom. The smallest absolute Gasteiger partial charge is 0.226 e. The van der Waals surface area contributed by atoms with Crippen LogP contribution in [-0.2, 0) is 19.0 Å². The molecule has 6 fully saturated rings.